The molecule has 1 N–H and O–H groups in total. The molecule has 1 atom stereocenters. The molecule has 0 radical (unpaired) electrons. The highest BCUT2D eigenvalue weighted by atomic mass is 16.7. The van der Waals surface area contributed by atoms with Crippen molar-refractivity contribution in [2.45, 2.75) is 63.6 Å². The first-order valence-electron chi connectivity index (χ1n) is 9.96. The van der Waals surface area contributed by atoms with E-state index < -0.39 is 0 Å². The Labute approximate surface area is 155 Å². The lowest BCUT2D eigenvalue weighted by molar-refractivity contribution is -0.0373. The number of hydrogen-bond acceptors (Lipinski definition) is 5. The quantitative estimate of drug-likeness (QED) is 0.798. The monoisotopic (exact) mass is 359 g/mol. The normalized spacial score (nSPS) is 26.4. The van der Waals surface area contributed by atoms with Crippen LogP contribution in [-0.2, 0) is 9.57 Å². The van der Waals surface area contributed by atoms with Crippen LogP contribution in [-0.4, -0.2) is 31.5 Å². The molecule has 1 aliphatic carbocycles. The summed E-state index contributed by atoms with van der Waals surface area (Å²) in [6.07, 6.45) is 10.7. The second kappa shape index (κ2) is 7.89. The highest BCUT2D eigenvalue weighted by Gasteiger charge is 2.39. The van der Waals surface area contributed by atoms with Crippen molar-refractivity contribution in [3.05, 3.63) is 29.8 Å². The molecule has 142 valence electrons. The van der Waals surface area contributed by atoms with Gasteiger partial charge in [0, 0.05) is 18.6 Å². The largest absolute Gasteiger partial charge is 0.490 e. The number of ether oxygens (including phenoxy) is 3. The first kappa shape index (κ1) is 17.7. The van der Waals surface area contributed by atoms with Gasteiger partial charge in [-0.25, -0.2) is 0 Å². The lowest BCUT2D eigenvalue weighted by Crippen LogP contribution is -2.29. The van der Waals surface area contributed by atoms with Gasteiger partial charge in [0.05, 0.1) is 25.0 Å². The van der Waals surface area contributed by atoms with Crippen LogP contribution in [0.3, 0.4) is 0 Å². The second-order valence-corrected chi connectivity index (χ2v) is 7.46. The maximum atomic E-state index is 6.39. The van der Waals surface area contributed by atoms with Gasteiger partial charge in [0.1, 0.15) is 5.60 Å². The molecule has 1 unspecified atom stereocenters. The van der Waals surface area contributed by atoms with E-state index in [-0.39, 0.29) is 11.7 Å². The fraction of sp³-hybridized carbons (Fsp3) is 0.619. The van der Waals surface area contributed by atoms with Gasteiger partial charge in [-0.05, 0) is 56.9 Å². The number of nitrogens with one attached hydrogen (secondary N) is 1. The van der Waals surface area contributed by atoms with E-state index in [1.54, 1.807) is 0 Å². The van der Waals surface area contributed by atoms with Crippen LogP contribution < -0.4 is 15.0 Å². The van der Waals surface area contributed by atoms with Gasteiger partial charge < -0.3 is 14.2 Å². The van der Waals surface area contributed by atoms with Crippen LogP contribution in [0.1, 0.15) is 57.4 Å². The summed E-state index contributed by atoms with van der Waals surface area (Å²) in [5.74, 6) is 1.65. The van der Waals surface area contributed by atoms with Gasteiger partial charge in [-0.15, -0.1) is 0 Å². The molecule has 5 heteroatoms. The lowest BCUT2D eigenvalue weighted by Gasteiger charge is -2.20. The van der Waals surface area contributed by atoms with Crippen LogP contribution >= 0.6 is 0 Å². The Balaban J connectivity index is 1.56. The van der Waals surface area contributed by atoms with Crippen molar-refractivity contribution in [2.24, 2.45) is 0 Å². The molecule has 2 fully saturated rings. The summed E-state index contributed by atoms with van der Waals surface area (Å²) in [4.78, 5) is 5.81. The highest BCUT2D eigenvalue weighted by Crippen LogP contribution is 2.37. The van der Waals surface area contributed by atoms with Crippen molar-refractivity contribution < 1.29 is 19.0 Å². The molecular formula is C21H29NO4. The number of rotatable bonds is 5. The predicted molar refractivity (Wildman–Crippen MR) is 100 cm³/mol. The Morgan fingerprint density at radius 3 is 2.73 bits per heavy atom. The minimum atomic E-state index is -0.323. The van der Waals surface area contributed by atoms with E-state index in [2.05, 4.69) is 23.7 Å². The molecule has 0 aromatic heterocycles. The minimum absolute atomic E-state index is 0.281. The van der Waals surface area contributed by atoms with Gasteiger partial charge in [0.15, 0.2) is 11.5 Å². The smallest absolute Gasteiger partial charge is 0.162 e. The van der Waals surface area contributed by atoms with Gasteiger partial charge in [0.2, 0.25) is 0 Å². The van der Waals surface area contributed by atoms with Gasteiger partial charge in [0.25, 0.3) is 0 Å². The summed E-state index contributed by atoms with van der Waals surface area (Å²) < 4.78 is 17.7. The van der Waals surface area contributed by atoms with Crippen molar-refractivity contribution in [1.82, 2.24) is 5.48 Å². The molecule has 3 aliphatic rings. The molecule has 1 spiro atoms. The molecular weight excluding hydrogens is 330 g/mol. The zero-order valence-electron chi connectivity index (χ0n) is 15.6. The lowest BCUT2D eigenvalue weighted by atomic mass is 10.0. The summed E-state index contributed by atoms with van der Waals surface area (Å²) in [7, 11) is 0. The van der Waals surface area contributed by atoms with E-state index >= 15 is 0 Å². The fourth-order valence-corrected chi connectivity index (χ4v) is 3.96. The van der Waals surface area contributed by atoms with E-state index in [0.717, 1.165) is 48.6 Å². The van der Waals surface area contributed by atoms with E-state index in [4.69, 9.17) is 19.0 Å². The highest BCUT2D eigenvalue weighted by molar-refractivity contribution is 5.68. The third-order valence-corrected chi connectivity index (χ3v) is 5.44. The SMILES string of the molecule is CCOc1ccc(C2=CC3(CCOC3)ON2)cc1OC1CCCCCC1. The van der Waals surface area contributed by atoms with Gasteiger partial charge in [-0.2, -0.15) is 0 Å². The zero-order chi connectivity index (χ0) is 17.8. The molecule has 4 rings (SSSR count). The van der Waals surface area contributed by atoms with Crippen molar-refractivity contribution in [2.75, 3.05) is 19.8 Å². The summed E-state index contributed by atoms with van der Waals surface area (Å²) in [5, 5.41) is 0. The number of hydrogen-bond donors (Lipinski definition) is 1. The van der Waals surface area contributed by atoms with Crippen molar-refractivity contribution in [3.8, 4) is 11.5 Å². The molecule has 1 saturated heterocycles. The molecule has 1 saturated carbocycles. The first-order valence-corrected chi connectivity index (χ1v) is 9.96. The first-order chi connectivity index (χ1) is 12.8. The molecule has 1 aromatic rings. The van der Waals surface area contributed by atoms with Gasteiger partial charge >= 0.3 is 0 Å². The molecule has 2 aliphatic heterocycles. The molecule has 0 amide bonds. The topological polar surface area (TPSA) is 49.0 Å². The Bertz CT molecular complexity index is 643. The molecule has 2 heterocycles. The summed E-state index contributed by atoms with van der Waals surface area (Å²) in [6, 6.07) is 6.14. The van der Waals surface area contributed by atoms with E-state index in [9.17, 15) is 0 Å². The number of hydroxylamine groups is 1. The minimum Gasteiger partial charge on any atom is -0.490 e. The standard InChI is InChI=1S/C21H29NO4/c1-2-24-19-10-9-16(18-14-21(26-22-18)11-12-23-15-21)13-20(19)25-17-7-5-3-4-6-8-17/h9-10,13-14,17,22H,2-8,11-12,15H2,1H3. The van der Waals surface area contributed by atoms with Crippen LogP contribution in [0.25, 0.3) is 5.70 Å². The fourth-order valence-electron chi connectivity index (χ4n) is 3.96. The molecule has 0 bridgehead atoms. The summed E-state index contributed by atoms with van der Waals surface area (Å²) in [6.45, 7) is 3.98. The number of benzene rings is 1. The summed E-state index contributed by atoms with van der Waals surface area (Å²) >= 11 is 0. The average Bonchev–Trinajstić information content (AvgIpc) is 3.21. The molecule has 1 aromatic carbocycles. The Morgan fingerprint density at radius 1 is 1.15 bits per heavy atom. The maximum absolute atomic E-state index is 6.39. The van der Waals surface area contributed by atoms with E-state index in [1.807, 2.05) is 13.0 Å². The third-order valence-electron chi connectivity index (χ3n) is 5.44. The van der Waals surface area contributed by atoms with E-state index in [1.165, 1.54) is 25.7 Å². The van der Waals surface area contributed by atoms with Gasteiger partial charge in [-0.1, -0.05) is 12.8 Å². The molecule has 5 nitrogen and oxygen atoms in total. The molecule has 26 heavy (non-hydrogen) atoms. The summed E-state index contributed by atoms with van der Waals surface area (Å²) in [5.41, 5.74) is 4.79. The van der Waals surface area contributed by atoms with Crippen molar-refractivity contribution >= 4 is 5.70 Å². The van der Waals surface area contributed by atoms with Crippen LogP contribution in [0.4, 0.5) is 0 Å². The Morgan fingerprint density at radius 2 is 2.00 bits per heavy atom. The van der Waals surface area contributed by atoms with Crippen LogP contribution in [0, 0.1) is 0 Å². The van der Waals surface area contributed by atoms with Crippen molar-refractivity contribution in [1.29, 1.82) is 0 Å². The predicted octanol–water partition coefficient (Wildman–Crippen LogP) is 4.22. The average molecular weight is 359 g/mol. The van der Waals surface area contributed by atoms with Crippen molar-refractivity contribution in [3.63, 3.8) is 0 Å². The Hall–Kier alpha value is -1.72. The third kappa shape index (κ3) is 3.84. The maximum Gasteiger partial charge on any atom is 0.162 e. The van der Waals surface area contributed by atoms with Crippen LogP contribution in [0.2, 0.25) is 0 Å². The van der Waals surface area contributed by atoms with Crippen LogP contribution in [0.5, 0.6) is 11.5 Å². The van der Waals surface area contributed by atoms with E-state index in [0.29, 0.717) is 13.2 Å². The Kier molecular flexibility index (Phi) is 5.36. The second-order valence-electron chi connectivity index (χ2n) is 7.46. The van der Waals surface area contributed by atoms with Gasteiger partial charge in [-0.3, -0.25) is 10.3 Å². The zero-order valence-corrected chi connectivity index (χ0v) is 15.6. The van der Waals surface area contributed by atoms with Crippen LogP contribution in [0.15, 0.2) is 24.3 Å².